The summed E-state index contributed by atoms with van der Waals surface area (Å²) >= 11 is 0. The van der Waals surface area contributed by atoms with Crippen molar-refractivity contribution in [2.24, 2.45) is 5.92 Å². The fraction of sp³-hybridized carbons (Fsp3) is 0.643. The predicted molar refractivity (Wildman–Crippen MR) is 70.7 cm³/mol. The molecule has 1 fully saturated rings. The Morgan fingerprint density at radius 3 is 3.00 bits per heavy atom. The normalized spacial score (nSPS) is 21.6. The molecule has 0 aromatic carbocycles. The fourth-order valence-electron chi connectivity index (χ4n) is 2.52. The number of rotatable bonds is 4. The van der Waals surface area contributed by atoms with Gasteiger partial charge in [0.1, 0.15) is 0 Å². The van der Waals surface area contributed by atoms with Crippen molar-refractivity contribution in [3.05, 3.63) is 29.6 Å². The lowest BCUT2D eigenvalue weighted by atomic mass is 10.0. The van der Waals surface area contributed by atoms with Crippen LogP contribution in [0.1, 0.15) is 31.0 Å². The van der Waals surface area contributed by atoms with Crippen LogP contribution in [0.2, 0.25) is 0 Å². The van der Waals surface area contributed by atoms with E-state index in [1.54, 1.807) is 0 Å². The Balaban J connectivity index is 1.89. The first-order valence-corrected chi connectivity index (χ1v) is 6.58. The Morgan fingerprint density at radius 1 is 1.47 bits per heavy atom. The zero-order chi connectivity index (χ0) is 12.1. The highest BCUT2D eigenvalue weighted by atomic mass is 15.1. The molecule has 1 aliphatic heterocycles. The van der Waals surface area contributed by atoms with E-state index in [-0.39, 0.29) is 0 Å². The molecule has 2 heterocycles. The summed E-state index contributed by atoms with van der Waals surface area (Å²) in [7, 11) is 1.96. The van der Waals surface area contributed by atoms with Gasteiger partial charge in [0.15, 0.2) is 0 Å². The van der Waals surface area contributed by atoms with Crippen LogP contribution in [0.3, 0.4) is 0 Å². The Labute approximate surface area is 104 Å². The number of pyridine rings is 1. The average molecular weight is 233 g/mol. The van der Waals surface area contributed by atoms with Gasteiger partial charge in [-0.15, -0.1) is 0 Å². The predicted octanol–water partition coefficient (Wildman–Crippen LogP) is 2.03. The molecule has 0 amide bonds. The van der Waals surface area contributed by atoms with Gasteiger partial charge in [-0.05, 0) is 44.0 Å². The minimum Gasteiger partial charge on any atom is -0.316 e. The lowest BCUT2D eigenvalue weighted by Gasteiger charge is -2.30. The smallest absolute Gasteiger partial charge is 0.0544 e. The van der Waals surface area contributed by atoms with Crippen LogP contribution in [0, 0.1) is 5.92 Å². The second-order valence-electron chi connectivity index (χ2n) is 5.17. The second-order valence-corrected chi connectivity index (χ2v) is 5.17. The lowest BCUT2D eigenvalue weighted by molar-refractivity contribution is 0.175. The number of nitrogens with zero attached hydrogens (tertiary/aromatic N) is 2. The molecule has 1 atom stereocenters. The number of aromatic nitrogens is 1. The summed E-state index contributed by atoms with van der Waals surface area (Å²) in [6.07, 6.45) is 4.70. The van der Waals surface area contributed by atoms with Gasteiger partial charge in [0.2, 0.25) is 0 Å². The molecule has 1 aromatic rings. The first-order chi connectivity index (χ1) is 8.28. The number of hydrogen-bond donors (Lipinski definition) is 1. The van der Waals surface area contributed by atoms with Crippen molar-refractivity contribution in [1.29, 1.82) is 0 Å². The minimum atomic E-state index is 0.840. The lowest BCUT2D eigenvalue weighted by Crippen LogP contribution is -2.33. The van der Waals surface area contributed by atoms with Crippen molar-refractivity contribution in [3.8, 4) is 0 Å². The van der Waals surface area contributed by atoms with E-state index < -0.39 is 0 Å². The zero-order valence-corrected chi connectivity index (χ0v) is 10.9. The second kappa shape index (κ2) is 6.12. The van der Waals surface area contributed by atoms with Crippen LogP contribution in [-0.4, -0.2) is 30.0 Å². The van der Waals surface area contributed by atoms with Crippen LogP contribution in [0.25, 0.3) is 0 Å². The quantitative estimate of drug-likeness (QED) is 0.862. The summed E-state index contributed by atoms with van der Waals surface area (Å²) in [5.41, 5.74) is 2.45. The highest BCUT2D eigenvalue weighted by molar-refractivity contribution is 5.13. The molecule has 0 saturated carbocycles. The van der Waals surface area contributed by atoms with Gasteiger partial charge in [-0.25, -0.2) is 0 Å². The van der Waals surface area contributed by atoms with Gasteiger partial charge in [-0.2, -0.15) is 0 Å². The van der Waals surface area contributed by atoms with Crippen molar-refractivity contribution in [2.45, 2.75) is 32.9 Å². The van der Waals surface area contributed by atoms with Gasteiger partial charge >= 0.3 is 0 Å². The van der Waals surface area contributed by atoms with Crippen molar-refractivity contribution in [1.82, 2.24) is 15.2 Å². The van der Waals surface area contributed by atoms with Crippen LogP contribution >= 0.6 is 0 Å². The van der Waals surface area contributed by atoms with E-state index in [0.29, 0.717) is 0 Å². The number of piperidine rings is 1. The SMILES string of the molecule is CNCc1ccc(CN2CCCC(C)C2)nc1. The van der Waals surface area contributed by atoms with E-state index in [1.807, 2.05) is 13.2 Å². The van der Waals surface area contributed by atoms with Crippen LogP contribution in [0.4, 0.5) is 0 Å². The molecule has 94 valence electrons. The Bertz CT molecular complexity index is 334. The largest absolute Gasteiger partial charge is 0.316 e. The van der Waals surface area contributed by atoms with Gasteiger partial charge in [0.25, 0.3) is 0 Å². The van der Waals surface area contributed by atoms with E-state index in [0.717, 1.165) is 19.0 Å². The topological polar surface area (TPSA) is 28.2 Å². The summed E-state index contributed by atoms with van der Waals surface area (Å²) in [5.74, 6) is 0.840. The maximum absolute atomic E-state index is 4.53. The summed E-state index contributed by atoms with van der Waals surface area (Å²) < 4.78 is 0. The van der Waals surface area contributed by atoms with E-state index in [9.17, 15) is 0 Å². The molecule has 1 aromatic heterocycles. The molecule has 1 aliphatic rings. The minimum absolute atomic E-state index is 0.840. The van der Waals surface area contributed by atoms with Crippen LogP contribution in [0.15, 0.2) is 18.3 Å². The first kappa shape index (κ1) is 12.5. The molecular formula is C14H23N3. The molecule has 1 unspecified atom stereocenters. The van der Waals surface area contributed by atoms with Crippen molar-refractivity contribution in [3.63, 3.8) is 0 Å². The molecule has 3 heteroatoms. The average Bonchev–Trinajstić information content (AvgIpc) is 2.32. The van der Waals surface area contributed by atoms with E-state index in [1.165, 1.54) is 37.2 Å². The summed E-state index contributed by atoms with van der Waals surface area (Å²) in [6.45, 7) is 6.69. The van der Waals surface area contributed by atoms with Crippen molar-refractivity contribution < 1.29 is 0 Å². The van der Waals surface area contributed by atoms with E-state index in [4.69, 9.17) is 0 Å². The van der Waals surface area contributed by atoms with Crippen molar-refractivity contribution in [2.75, 3.05) is 20.1 Å². The van der Waals surface area contributed by atoms with Gasteiger partial charge in [-0.3, -0.25) is 9.88 Å². The van der Waals surface area contributed by atoms with E-state index in [2.05, 4.69) is 34.3 Å². The molecular weight excluding hydrogens is 210 g/mol. The van der Waals surface area contributed by atoms with Crippen LogP contribution < -0.4 is 5.32 Å². The third-order valence-electron chi connectivity index (χ3n) is 3.39. The third-order valence-corrected chi connectivity index (χ3v) is 3.39. The van der Waals surface area contributed by atoms with Gasteiger partial charge in [-0.1, -0.05) is 13.0 Å². The molecule has 0 spiro atoms. The molecule has 0 bridgehead atoms. The highest BCUT2D eigenvalue weighted by Gasteiger charge is 2.16. The standard InChI is InChI=1S/C14H23N3/c1-12-4-3-7-17(10-12)11-14-6-5-13(8-15-2)9-16-14/h5-6,9,12,15H,3-4,7-8,10-11H2,1-2H3. The van der Waals surface area contributed by atoms with E-state index >= 15 is 0 Å². The zero-order valence-electron chi connectivity index (χ0n) is 10.9. The molecule has 17 heavy (non-hydrogen) atoms. The Kier molecular flexibility index (Phi) is 4.51. The molecule has 2 rings (SSSR count). The Morgan fingerprint density at radius 2 is 2.35 bits per heavy atom. The molecule has 1 N–H and O–H groups in total. The Hall–Kier alpha value is -0.930. The third kappa shape index (κ3) is 3.79. The maximum atomic E-state index is 4.53. The molecule has 3 nitrogen and oxygen atoms in total. The van der Waals surface area contributed by atoms with Gasteiger partial charge < -0.3 is 5.32 Å². The first-order valence-electron chi connectivity index (χ1n) is 6.58. The molecule has 0 aliphatic carbocycles. The summed E-state index contributed by atoms with van der Waals surface area (Å²) in [6, 6.07) is 4.33. The molecule has 0 radical (unpaired) electrons. The summed E-state index contributed by atoms with van der Waals surface area (Å²) in [4.78, 5) is 7.06. The van der Waals surface area contributed by atoms with Crippen LogP contribution in [0.5, 0.6) is 0 Å². The van der Waals surface area contributed by atoms with Crippen LogP contribution in [-0.2, 0) is 13.1 Å². The monoisotopic (exact) mass is 233 g/mol. The fourth-order valence-corrected chi connectivity index (χ4v) is 2.52. The number of nitrogens with one attached hydrogen (secondary N) is 1. The summed E-state index contributed by atoms with van der Waals surface area (Å²) in [5, 5.41) is 3.14. The maximum Gasteiger partial charge on any atom is 0.0544 e. The number of hydrogen-bond acceptors (Lipinski definition) is 3. The number of likely N-dealkylation sites (tertiary alicyclic amines) is 1. The van der Waals surface area contributed by atoms with Gasteiger partial charge in [0, 0.05) is 25.8 Å². The molecule has 1 saturated heterocycles. The highest BCUT2D eigenvalue weighted by Crippen LogP contribution is 2.17. The van der Waals surface area contributed by atoms with Gasteiger partial charge in [0.05, 0.1) is 5.69 Å². The van der Waals surface area contributed by atoms with Crippen molar-refractivity contribution >= 4 is 0 Å².